The number of sulfonamides is 1. The summed E-state index contributed by atoms with van der Waals surface area (Å²) in [6.45, 7) is 5.66. The molecule has 7 heteroatoms. The van der Waals surface area contributed by atoms with E-state index in [0.29, 0.717) is 31.3 Å². The summed E-state index contributed by atoms with van der Waals surface area (Å²) in [5.74, 6) is 0.843. The van der Waals surface area contributed by atoms with E-state index in [1.165, 1.54) is 6.07 Å². The highest BCUT2D eigenvalue weighted by Gasteiger charge is 2.30. The van der Waals surface area contributed by atoms with E-state index in [2.05, 4.69) is 11.6 Å². The molecule has 2 rings (SSSR count). The van der Waals surface area contributed by atoms with Crippen molar-refractivity contribution in [3.63, 3.8) is 0 Å². The number of rotatable bonds is 5. The van der Waals surface area contributed by atoms with Crippen molar-refractivity contribution in [2.24, 2.45) is 11.1 Å². The Kier molecular flexibility index (Phi) is 4.53. The molecule has 0 aliphatic carbocycles. The molecule has 0 atom stereocenters. The maximum Gasteiger partial charge on any atom is 0.244 e. The number of nitrogens with one attached hydrogen (secondary N) is 1. The van der Waals surface area contributed by atoms with Crippen LogP contribution < -0.4 is 10.5 Å². The first-order valence-corrected chi connectivity index (χ1v) is 8.21. The fourth-order valence-electron chi connectivity index (χ4n) is 2.28. The summed E-state index contributed by atoms with van der Waals surface area (Å²) in [5, 5.41) is 0. The smallest absolute Gasteiger partial charge is 0.244 e. The second-order valence-corrected chi connectivity index (χ2v) is 7.32. The molecule has 3 N–H and O–H groups in total. The van der Waals surface area contributed by atoms with E-state index < -0.39 is 10.0 Å². The molecule has 1 aromatic heterocycles. The highest BCUT2D eigenvalue weighted by atomic mass is 32.2. The predicted molar refractivity (Wildman–Crippen MR) is 74.7 cm³/mol. The van der Waals surface area contributed by atoms with Crippen LogP contribution in [0.2, 0.25) is 0 Å². The van der Waals surface area contributed by atoms with Crippen LogP contribution in [0.25, 0.3) is 0 Å². The van der Waals surface area contributed by atoms with Crippen LogP contribution in [-0.2, 0) is 21.3 Å². The Morgan fingerprint density at radius 1 is 1.40 bits per heavy atom. The molecule has 0 bridgehead atoms. The van der Waals surface area contributed by atoms with Crippen LogP contribution in [0.5, 0.6) is 0 Å². The summed E-state index contributed by atoms with van der Waals surface area (Å²) < 4.78 is 37.9. The SMILES string of the molecule is Cc1oc(CN)cc1S(=O)(=O)NCC1(C)CCOCC1. The molecular weight excluding hydrogens is 280 g/mol. The average Bonchev–Trinajstić information content (AvgIpc) is 2.80. The molecule has 2 heterocycles. The van der Waals surface area contributed by atoms with Crippen LogP contribution >= 0.6 is 0 Å². The van der Waals surface area contributed by atoms with Crippen molar-refractivity contribution in [3.8, 4) is 0 Å². The monoisotopic (exact) mass is 302 g/mol. The molecule has 1 fully saturated rings. The Hall–Kier alpha value is -0.890. The summed E-state index contributed by atoms with van der Waals surface area (Å²) >= 11 is 0. The highest BCUT2D eigenvalue weighted by Crippen LogP contribution is 2.29. The molecule has 0 amide bonds. The third-order valence-electron chi connectivity index (χ3n) is 3.80. The van der Waals surface area contributed by atoms with Crippen LogP contribution in [-0.4, -0.2) is 28.2 Å². The molecule has 1 aliphatic heterocycles. The molecule has 20 heavy (non-hydrogen) atoms. The number of furan rings is 1. The lowest BCUT2D eigenvalue weighted by atomic mass is 9.83. The van der Waals surface area contributed by atoms with Gasteiger partial charge in [-0.1, -0.05) is 6.92 Å². The van der Waals surface area contributed by atoms with E-state index in [4.69, 9.17) is 14.9 Å². The van der Waals surface area contributed by atoms with Crippen LogP contribution in [0.1, 0.15) is 31.3 Å². The Labute approximate surface area is 119 Å². The minimum Gasteiger partial charge on any atom is -0.464 e. The number of hydrogen-bond acceptors (Lipinski definition) is 5. The van der Waals surface area contributed by atoms with Crippen molar-refractivity contribution in [1.82, 2.24) is 4.72 Å². The minimum absolute atomic E-state index is 0.0559. The quantitative estimate of drug-likeness (QED) is 0.850. The zero-order valence-corrected chi connectivity index (χ0v) is 12.8. The van der Waals surface area contributed by atoms with Crippen molar-refractivity contribution in [2.75, 3.05) is 19.8 Å². The Morgan fingerprint density at radius 3 is 2.60 bits per heavy atom. The van der Waals surface area contributed by atoms with Crippen LogP contribution in [0.15, 0.2) is 15.4 Å². The van der Waals surface area contributed by atoms with E-state index in [0.717, 1.165) is 12.8 Å². The Bertz CT molecular complexity index is 559. The summed E-state index contributed by atoms with van der Waals surface area (Å²) in [6, 6.07) is 1.49. The summed E-state index contributed by atoms with van der Waals surface area (Å²) in [5.41, 5.74) is 5.41. The van der Waals surface area contributed by atoms with E-state index >= 15 is 0 Å². The van der Waals surface area contributed by atoms with E-state index in [-0.39, 0.29) is 16.9 Å². The predicted octanol–water partition coefficient (Wildman–Crippen LogP) is 1.14. The number of hydrogen-bond donors (Lipinski definition) is 2. The molecule has 0 aromatic carbocycles. The fourth-order valence-corrected chi connectivity index (χ4v) is 3.68. The first kappa shape index (κ1) is 15.5. The third kappa shape index (κ3) is 3.41. The van der Waals surface area contributed by atoms with E-state index in [1.807, 2.05) is 0 Å². The lowest BCUT2D eigenvalue weighted by molar-refractivity contribution is 0.0264. The van der Waals surface area contributed by atoms with Gasteiger partial charge in [0.05, 0.1) is 6.54 Å². The topological polar surface area (TPSA) is 94.6 Å². The summed E-state index contributed by atoms with van der Waals surface area (Å²) in [7, 11) is -3.56. The van der Waals surface area contributed by atoms with Gasteiger partial charge in [-0.15, -0.1) is 0 Å². The molecule has 0 unspecified atom stereocenters. The van der Waals surface area contributed by atoms with Gasteiger partial charge in [-0.3, -0.25) is 0 Å². The van der Waals surface area contributed by atoms with Gasteiger partial charge in [0.1, 0.15) is 16.4 Å². The van der Waals surface area contributed by atoms with Gasteiger partial charge in [0, 0.05) is 25.8 Å². The van der Waals surface area contributed by atoms with Crippen molar-refractivity contribution < 1.29 is 17.6 Å². The maximum absolute atomic E-state index is 12.3. The molecule has 114 valence electrons. The molecule has 1 aliphatic rings. The normalized spacial score (nSPS) is 19.1. The Balaban J connectivity index is 2.08. The molecule has 1 aromatic rings. The van der Waals surface area contributed by atoms with Crippen LogP contribution in [0, 0.1) is 12.3 Å². The average molecular weight is 302 g/mol. The second kappa shape index (κ2) is 5.85. The van der Waals surface area contributed by atoms with Gasteiger partial charge in [-0.05, 0) is 25.2 Å². The molecule has 1 saturated heterocycles. The van der Waals surface area contributed by atoms with Crippen molar-refractivity contribution in [3.05, 3.63) is 17.6 Å². The molecule has 0 radical (unpaired) electrons. The molecule has 0 saturated carbocycles. The molecule has 6 nitrogen and oxygen atoms in total. The lowest BCUT2D eigenvalue weighted by Crippen LogP contribution is -2.39. The van der Waals surface area contributed by atoms with Crippen LogP contribution in [0.4, 0.5) is 0 Å². The number of ether oxygens (including phenoxy) is 1. The molecular formula is C13H22N2O4S. The fraction of sp³-hybridized carbons (Fsp3) is 0.692. The van der Waals surface area contributed by atoms with Gasteiger partial charge in [0.25, 0.3) is 0 Å². The van der Waals surface area contributed by atoms with E-state index in [9.17, 15) is 8.42 Å². The Morgan fingerprint density at radius 2 is 2.05 bits per heavy atom. The first-order valence-electron chi connectivity index (χ1n) is 6.73. The zero-order chi connectivity index (χ0) is 14.8. The van der Waals surface area contributed by atoms with Crippen molar-refractivity contribution in [2.45, 2.75) is 38.1 Å². The molecule has 0 spiro atoms. The highest BCUT2D eigenvalue weighted by molar-refractivity contribution is 7.89. The minimum atomic E-state index is -3.56. The largest absolute Gasteiger partial charge is 0.464 e. The van der Waals surface area contributed by atoms with Crippen molar-refractivity contribution in [1.29, 1.82) is 0 Å². The second-order valence-electron chi connectivity index (χ2n) is 5.58. The number of aryl methyl sites for hydroxylation is 1. The van der Waals surface area contributed by atoms with Gasteiger partial charge in [0.15, 0.2) is 0 Å². The summed E-state index contributed by atoms with van der Waals surface area (Å²) in [4.78, 5) is 0.175. The van der Waals surface area contributed by atoms with Crippen molar-refractivity contribution >= 4 is 10.0 Å². The van der Waals surface area contributed by atoms with Gasteiger partial charge >= 0.3 is 0 Å². The lowest BCUT2D eigenvalue weighted by Gasteiger charge is -2.33. The van der Waals surface area contributed by atoms with Gasteiger partial charge in [-0.25, -0.2) is 13.1 Å². The number of nitrogens with two attached hydrogens (primary N) is 1. The maximum atomic E-state index is 12.3. The van der Waals surface area contributed by atoms with Gasteiger partial charge in [-0.2, -0.15) is 0 Å². The first-order chi connectivity index (χ1) is 9.36. The zero-order valence-electron chi connectivity index (χ0n) is 11.9. The summed E-state index contributed by atoms with van der Waals surface area (Å²) in [6.07, 6.45) is 1.71. The third-order valence-corrected chi connectivity index (χ3v) is 5.31. The van der Waals surface area contributed by atoms with Gasteiger partial charge in [0.2, 0.25) is 10.0 Å². The van der Waals surface area contributed by atoms with Gasteiger partial charge < -0.3 is 14.9 Å². The van der Waals surface area contributed by atoms with Crippen LogP contribution in [0.3, 0.4) is 0 Å². The van der Waals surface area contributed by atoms with E-state index in [1.54, 1.807) is 6.92 Å². The standard InChI is InChI=1S/C13H22N2O4S/c1-10-12(7-11(8-14)19-10)20(16,17)15-9-13(2)3-5-18-6-4-13/h7,15H,3-6,8-9,14H2,1-2H3.